The average molecular weight is 390 g/mol. The highest BCUT2D eigenvalue weighted by Crippen LogP contribution is 2.29. The number of amides is 1. The fourth-order valence-corrected chi connectivity index (χ4v) is 3.96. The number of anilines is 1. The van der Waals surface area contributed by atoms with Gasteiger partial charge in [-0.3, -0.25) is 9.59 Å². The van der Waals surface area contributed by atoms with Gasteiger partial charge in [0, 0.05) is 5.69 Å². The Kier molecular flexibility index (Phi) is 5.85. The second-order valence-electron chi connectivity index (χ2n) is 5.41. The summed E-state index contributed by atoms with van der Waals surface area (Å²) in [7, 11) is 0. The van der Waals surface area contributed by atoms with Crippen molar-refractivity contribution in [3.63, 3.8) is 0 Å². The number of fused-ring (bicyclic) bond motifs is 1. The van der Waals surface area contributed by atoms with Gasteiger partial charge in [-0.2, -0.15) is 0 Å². The first kappa shape index (κ1) is 18.3. The number of nitrogens with zero attached hydrogens (tertiary/aromatic N) is 1. The van der Waals surface area contributed by atoms with Gasteiger partial charge in [0.15, 0.2) is 10.9 Å². The van der Waals surface area contributed by atoms with E-state index in [1.807, 2.05) is 24.3 Å². The van der Waals surface area contributed by atoms with Gasteiger partial charge in [0.25, 0.3) is 5.91 Å². The van der Waals surface area contributed by atoms with Gasteiger partial charge in [-0.1, -0.05) is 30.0 Å². The molecule has 3 aromatic rings. The van der Waals surface area contributed by atoms with Gasteiger partial charge < -0.3 is 10.1 Å². The standard InChI is InChI=1S/C18H15FN2O3S2/c1-11-6-7-12(8-13(11)19)20-16(22)9-24-17(23)10-25-18-21-14-4-2-3-5-15(14)26-18/h2-8H,9-10H2,1H3,(H,20,22). The Balaban J connectivity index is 1.44. The third-order valence-electron chi connectivity index (χ3n) is 3.41. The molecule has 1 N–H and O–H groups in total. The summed E-state index contributed by atoms with van der Waals surface area (Å²) in [6, 6.07) is 12.1. The number of thiazole rings is 1. The predicted molar refractivity (Wildman–Crippen MR) is 101 cm³/mol. The number of aromatic nitrogens is 1. The van der Waals surface area contributed by atoms with Crippen LogP contribution in [0.1, 0.15) is 5.56 Å². The molecule has 134 valence electrons. The lowest BCUT2D eigenvalue weighted by molar-refractivity contribution is -0.144. The van der Waals surface area contributed by atoms with Gasteiger partial charge in [-0.15, -0.1) is 11.3 Å². The summed E-state index contributed by atoms with van der Waals surface area (Å²) >= 11 is 2.76. The summed E-state index contributed by atoms with van der Waals surface area (Å²) in [5, 5.41) is 2.48. The lowest BCUT2D eigenvalue weighted by Crippen LogP contribution is -2.21. The van der Waals surface area contributed by atoms with E-state index in [-0.39, 0.29) is 5.75 Å². The van der Waals surface area contributed by atoms with E-state index in [9.17, 15) is 14.0 Å². The van der Waals surface area contributed by atoms with Gasteiger partial charge in [0.05, 0.1) is 16.0 Å². The molecule has 5 nitrogen and oxygen atoms in total. The minimum absolute atomic E-state index is 0.0618. The van der Waals surface area contributed by atoms with Crippen LogP contribution in [0.2, 0.25) is 0 Å². The van der Waals surface area contributed by atoms with E-state index in [0.29, 0.717) is 11.3 Å². The van der Waals surface area contributed by atoms with E-state index in [1.54, 1.807) is 19.1 Å². The number of hydrogen-bond donors (Lipinski definition) is 1. The third-order valence-corrected chi connectivity index (χ3v) is 5.56. The number of halogens is 1. The molecule has 0 saturated carbocycles. The van der Waals surface area contributed by atoms with Crippen LogP contribution in [0, 0.1) is 12.7 Å². The molecule has 26 heavy (non-hydrogen) atoms. The molecular formula is C18H15FN2O3S2. The van der Waals surface area contributed by atoms with Crippen molar-refractivity contribution in [2.24, 2.45) is 0 Å². The van der Waals surface area contributed by atoms with Crippen LogP contribution in [-0.2, 0) is 14.3 Å². The number of para-hydroxylation sites is 1. The van der Waals surface area contributed by atoms with Crippen LogP contribution in [0.3, 0.4) is 0 Å². The van der Waals surface area contributed by atoms with Crippen LogP contribution in [0.25, 0.3) is 10.2 Å². The van der Waals surface area contributed by atoms with Gasteiger partial charge in [0.1, 0.15) is 5.82 Å². The first-order valence-electron chi connectivity index (χ1n) is 7.71. The average Bonchev–Trinajstić information content (AvgIpc) is 3.04. The van der Waals surface area contributed by atoms with Crippen molar-refractivity contribution < 1.29 is 18.7 Å². The van der Waals surface area contributed by atoms with E-state index in [4.69, 9.17) is 4.74 Å². The maximum atomic E-state index is 13.4. The monoisotopic (exact) mass is 390 g/mol. The quantitative estimate of drug-likeness (QED) is 0.509. The number of benzene rings is 2. The van der Waals surface area contributed by atoms with Crippen LogP contribution in [0.5, 0.6) is 0 Å². The molecule has 0 aliphatic carbocycles. The van der Waals surface area contributed by atoms with E-state index in [0.717, 1.165) is 14.6 Å². The second kappa shape index (κ2) is 8.29. The molecule has 8 heteroatoms. The normalized spacial score (nSPS) is 10.7. The zero-order chi connectivity index (χ0) is 18.5. The molecule has 1 amide bonds. The van der Waals surface area contributed by atoms with Crippen molar-refractivity contribution in [3.8, 4) is 0 Å². The van der Waals surface area contributed by atoms with Gasteiger partial charge >= 0.3 is 5.97 Å². The molecule has 0 atom stereocenters. The van der Waals surface area contributed by atoms with Crippen molar-refractivity contribution in [1.82, 2.24) is 4.98 Å². The highest BCUT2D eigenvalue weighted by Gasteiger charge is 2.11. The molecular weight excluding hydrogens is 375 g/mol. The Bertz CT molecular complexity index is 926. The van der Waals surface area contributed by atoms with E-state index < -0.39 is 24.3 Å². The van der Waals surface area contributed by atoms with Crippen LogP contribution < -0.4 is 5.32 Å². The smallest absolute Gasteiger partial charge is 0.316 e. The third kappa shape index (κ3) is 4.80. The number of aryl methyl sites for hydroxylation is 1. The van der Waals surface area contributed by atoms with Crippen LogP contribution >= 0.6 is 23.1 Å². The first-order valence-corrected chi connectivity index (χ1v) is 9.51. The molecule has 1 aromatic heterocycles. The number of thioether (sulfide) groups is 1. The Hall–Kier alpha value is -2.45. The van der Waals surface area contributed by atoms with Crippen LogP contribution in [0.15, 0.2) is 46.8 Å². The summed E-state index contributed by atoms with van der Waals surface area (Å²) in [5.74, 6) is -1.38. The van der Waals surface area contributed by atoms with Gasteiger partial charge in [-0.25, -0.2) is 9.37 Å². The van der Waals surface area contributed by atoms with Crippen molar-refractivity contribution in [2.75, 3.05) is 17.7 Å². The largest absolute Gasteiger partial charge is 0.455 e. The zero-order valence-electron chi connectivity index (χ0n) is 13.8. The topological polar surface area (TPSA) is 68.3 Å². The minimum Gasteiger partial charge on any atom is -0.455 e. The molecule has 1 heterocycles. The number of esters is 1. The Morgan fingerprint density at radius 3 is 2.85 bits per heavy atom. The fourth-order valence-electron chi connectivity index (χ4n) is 2.09. The maximum absolute atomic E-state index is 13.4. The lowest BCUT2D eigenvalue weighted by Gasteiger charge is -2.07. The van der Waals surface area contributed by atoms with E-state index in [2.05, 4.69) is 10.3 Å². The highest BCUT2D eigenvalue weighted by molar-refractivity contribution is 8.01. The SMILES string of the molecule is Cc1ccc(NC(=O)COC(=O)CSc2nc3ccccc3s2)cc1F. The van der Waals surface area contributed by atoms with Crippen molar-refractivity contribution in [1.29, 1.82) is 0 Å². The van der Waals surface area contributed by atoms with Crippen molar-refractivity contribution in [3.05, 3.63) is 53.8 Å². The van der Waals surface area contributed by atoms with Crippen LogP contribution in [-0.4, -0.2) is 29.2 Å². The molecule has 0 radical (unpaired) electrons. The molecule has 0 aliphatic heterocycles. The number of hydrogen-bond acceptors (Lipinski definition) is 6. The zero-order valence-corrected chi connectivity index (χ0v) is 15.5. The molecule has 0 spiro atoms. The number of nitrogens with one attached hydrogen (secondary N) is 1. The van der Waals surface area contributed by atoms with Crippen molar-refractivity contribution >= 4 is 50.9 Å². The number of carbonyl (C=O) groups is 2. The van der Waals surface area contributed by atoms with E-state index >= 15 is 0 Å². The minimum atomic E-state index is -0.522. The first-order chi connectivity index (χ1) is 12.5. The van der Waals surface area contributed by atoms with Gasteiger partial charge in [-0.05, 0) is 36.8 Å². The molecule has 3 rings (SSSR count). The molecule has 0 saturated heterocycles. The highest BCUT2D eigenvalue weighted by atomic mass is 32.2. The van der Waals surface area contributed by atoms with Gasteiger partial charge in [0.2, 0.25) is 0 Å². The number of ether oxygens (including phenoxy) is 1. The summed E-state index contributed by atoms with van der Waals surface area (Å²) in [6.07, 6.45) is 0. The molecule has 0 fully saturated rings. The Morgan fingerprint density at radius 2 is 2.08 bits per heavy atom. The second-order valence-corrected chi connectivity index (χ2v) is 7.66. The van der Waals surface area contributed by atoms with E-state index in [1.165, 1.54) is 29.2 Å². The molecule has 2 aromatic carbocycles. The van der Waals surface area contributed by atoms with Crippen molar-refractivity contribution in [2.45, 2.75) is 11.3 Å². The maximum Gasteiger partial charge on any atom is 0.316 e. The Labute approximate surface area is 157 Å². The fraction of sp³-hybridized carbons (Fsp3) is 0.167. The summed E-state index contributed by atoms with van der Waals surface area (Å²) < 4.78 is 20.2. The molecule has 0 bridgehead atoms. The summed E-state index contributed by atoms with van der Waals surface area (Å²) in [4.78, 5) is 28.0. The summed E-state index contributed by atoms with van der Waals surface area (Å²) in [6.45, 7) is 1.21. The van der Waals surface area contributed by atoms with Crippen LogP contribution in [0.4, 0.5) is 10.1 Å². The lowest BCUT2D eigenvalue weighted by atomic mass is 10.2. The number of rotatable bonds is 6. The number of carbonyl (C=O) groups excluding carboxylic acids is 2. The Morgan fingerprint density at radius 1 is 1.27 bits per heavy atom. The summed E-state index contributed by atoms with van der Waals surface area (Å²) in [5.41, 5.74) is 1.69. The predicted octanol–water partition coefficient (Wildman–Crippen LogP) is 4.02. The molecule has 0 aliphatic rings. The molecule has 0 unspecified atom stereocenters.